The van der Waals surface area contributed by atoms with E-state index in [1.807, 2.05) is 26.0 Å². The SMILES string of the molecule is Cc1ccc([N+](=O)[O-])cc1S(=O)(=O)Nc1ccccc1C(C)C. The molecular formula is C16H18N2O4S. The summed E-state index contributed by atoms with van der Waals surface area (Å²) in [4.78, 5) is 10.2. The van der Waals surface area contributed by atoms with Crippen LogP contribution in [0.3, 0.4) is 0 Å². The molecule has 0 amide bonds. The summed E-state index contributed by atoms with van der Waals surface area (Å²) in [5.74, 6) is 0.139. The summed E-state index contributed by atoms with van der Waals surface area (Å²) >= 11 is 0. The van der Waals surface area contributed by atoms with Gasteiger partial charge in [0.05, 0.1) is 15.5 Å². The fourth-order valence-corrected chi connectivity index (χ4v) is 3.64. The van der Waals surface area contributed by atoms with Crippen molar-refractivity contribution in [2.45, 2.75) is 31.6 Å². The van der Waals surface area contributed by atoms with Crippen molar-refractivity contribution < 1.29 is 13.3 Å². The molecule has 2 rings (SSSR count). The minimum atomic E-state index is -3.91. The van der Waals surface area contributed by atoms with Gasteiger partial charge in [0.25, 0.3) is 15.7 Å². The first-order chi connectivity index (χ1) is 10.7. The van der Waals surface area contributed by atoms with Crippen LogP contribution < -0.4 is 4.72 Å². The van der Waals surface area contributed by atoms with Gasteiger partial charge >= 0.3 is 0 Å². The summed E-state index contributed by atoms with van der Waals surface area (Å²) in [5.41, 5.74) is 1.53. The van der Waals surface area contributed by atoms with Gasteiger partial charge in [0.1, 0.15) is 0 Å². The minimum Gasteiger partial charge on any atom is -0.279 e. The Morgan fingerprint density at radius 3 is 2.39 bits per heavy atom. The van der Waals surface area contributed by atoms with E-state index in [2.05, 4.69) is 4.72 Å². The van der Waals surface area contributed by atoms with Gasteiger partial charge in [-0.3, -0.25) is 14.8 Å². The lowest BCUT2D eigenvalue weighted by Crippen LogP contribution is -2.16. The number of anilines is 1. The number of rotatable bonds is 5. The number of nitrogens with one attached hydrogen (secondary N) is 1. The van der Waals surface area contributed by atoms with Gasteiger partial charge in [-0.05, 0) is 30.0 Å². The smallest absolute Gasteiger partial charge is 0.270 e. The van der Waals surface area contributed by atoms with E-state index in [0.29, 0.717) is 11.3 Å². The van der Waals surface area contributed by atoms with E-state index in [-0.39, 0.29) is 16.5 Å². The van der Waals surface area contributed by atoms with Crippen molar-refractivity contribution in [1.29, 1.82) is 0 Å². The molecule has 1 N–H and O–H groups in total. The lowest BCUT2D eigenvalue weighted by molar-refractivity contribution is -0.385. The molecule has 0 unspecified atom stereocenters. The van der Waals surface area contributed by atoms with Crippen LogP contribution in [-0.4, -0.2) is 13.3 Å². The predicted molar refractivity (Wildman–Crippen MR) is 89.2 cm³/mol. The minimum absolute atomic E-state index is 0.0924. The van der Waals surface area contributed by atoms with E-state index in [1.165, 1.54) is 12.1 Å². The second-order valence-electron chi connectivity index (χ2n) is 5.55. The van der Waals surface area contributed by atoms with Gasteiger partial charge in [-0.15, -0.1) is 0 Å². The Morgan fingerprint density at radius 2 is 1.78 bits per heavy atom. The average molecular weight is 334 g/mol. The van der Waals surface area contributed by atoms with E-state index in [1.54, 1.807) is 19.1 Å². The second kappa shape index (κ2) is 6.37. The highest BCUT2D eigenvalue weighted by Gasteiger charge is 2.22. The van der Waals surface area contributed by atoms with Gasteiger partial charge in [-0.25, -0.2) is 8.42 Å². The summed E-state index contributed by atoms with van der Waals surface area (Å²) < 4.78 is 27.8. The van der Waals surface area contributed by atoms with Crippen LogP contribution in [0.1, 0.15) is 30.9 Å². The molecule has 0 heterocycles. The van der Waals surface area contributed by atoms with E-state index < -0.39 is 14.9 Å². The van der Waals surface area contributed by atoms with Gasteiger partial charge < -0.3 is 0 Å². The first kappa shape index (κ1) is 17.0. The molecule has 23 heavy (non-hydrogen) atoms. The number of non-ortho nitro benzene ring substituents is 1. The van der Waals surface area contributed by atoms with Crippen molar-refractivity contribution in [3.63, 3.8) is 0 Å². The zero-order valence-corrected chi connectivity index (χ0v) is 13.9. The van der Waals surface area contributed by atoms with Crippen LogP contribution in [0.5, 0.6) is 0 Å². The molecule has 0 saturated carbocycles. The molecule has 0 aromatic heterocycles. The Morgan fingerprint density at radius 1 is 1.13 bits per heavy atom. The first-order valence-corrected chi connectivity index (χ1v) is 8.57. The molecule has 0 aliphatic heterocycles. The summed E-state index contributed by atoms with van der Waals surface area (Å²) in [5, 5.41) is 10.9. The van der Waals surface area contributed by atoms with Gasteiger partial charge in [-0.1, -0.05) is 38.1 Å². The monoisotopic (exact) mass is 334 g/mol. The average Bonchev–Trinajstić information content (AvgIpc) is 2.47. The number of hydrogen-bond acceptors (Lipinski definition) is 4. The quantitative estimate of drug-likeness (QED) is 0.665. The maximum atomic E-state index is 12.6. The summed E-state index contributed by atoms with van der Waals surface area (Å²) in [6.45, 7) is 5.53. The number of nitro groups is 1. The third kappa shape index (κ3) is 3.68. The molecule has 7 heteroatoms. The van der Waals surface area contributed by atoms with Crippen LogP contribution in [0.25, 0.3) is 0 Å². The Bertz CT molecular complexity index is 845. The highest BCUT2D eigenvalue weighted by atomic mass is 32.2. The summed E-state index contributed by atoms with van der Waals surface area (Å²) in [7, 11) is -3.91. The van der Waals surface area contributed by atoms with Crippen LogP contribution in [0.2, 0.25) is 0 Å². The molecule has 0 bridgehead atoms. The number of benzene rings is 2. The topological polar surface area (TPSA) is 89.3 Å². The molecule has 0 radical (unpaired) electrons. The van der Waals surface area contributed by atoms with Crippen molar-refractivity contribution in [3.05, 3.63) is 63.7 Å². The summed E-state index contributed by atoms with van der Waals surface area (Å²) in [6, 6.07) is 10.9. The Hall–Kier alpha value is -2.41. The van der Waals surface area contributed by atoms with Gasteiger partial charge in [0.2, 0.25) is 0 Å². The zero-order valence-electron chi connectivity index (χ0n) is 13.1. The van der Waals surface area contributed by atoms with E-state index in [4.69, 9.17) is 0 Å². The highest BCUT2D eigenvalue weighted by molar-refractivity contribution is 7.92. The lowest BCUT2D eigenvalue weighted by atomic mass is 10.0. The maximum absolute atomic E-state index is 12.6. The number of nitrogens with zero attached hydrogens (tertiary/aromatic N) is 1. The third-order valence-electron chi connectivity index (χ3n) is 3.50. The van der Waals surface area contributed by atoms with Gasteiger partial charge in [0.15, 0.2) is 0 Å². The molecule has 0 fully saturated rings. The summed E-state index contributed by atoms with van der Waals surface area (Å²) in [6.07, 6.45) is 0. The molecule has 0 aliphatic carbocycles. The molecular weight excluding hydrogens is 316 g/mol. The number of para-hydroxylation sites is 1. The van der Waals surface area contributed by atoms with Crippen molar-refractivity contribution in [2.75, 3.05) is 4.72 Å². The lowest BCUT2D eigenvalue weighted by Gasteiger charge is -2.15. The van der Waals surface area contributed by atoms with E-state index in [0.717, 1.165) is 11.6 Å². The predicted octanol–water partition coefficient (Wildman–Crippen LogP) is 3.83. The molecule has 6 nitrogen and oxygen atoms in total. The van der Waals surface area contributed by atoms with E-state index >= 15 is 0 Å². The maximum Gasteiger partial charge on any atom is 0.270 e. The number of aryl methyl sites for hydroxylation is 1. The van der Waals surface area contributed by atoms with Crippen LogP contribution in [0.15, 0.2) is 47.4 Å². The standard InChI is InChI=1S/C16H18N2O4S/c1-11(2)14-6-4-5-7-15(14)17-23(21,22)16-10-13(18(19)20)9-8-12(16)3/h4-11,17H,1-3H3. The van der Waals surface area contributed by atoms with Crippen molar-refractivity contribution in [3.8, 4) is 0 Å². The molecule has 0 aliphatic rings. The Balaban J connectivity index is 2.48. The van der Waals surface area contributed by atoms with Crippen LogP contribution in [0.4, 0.5) is 11.4 Å². The number of sulfonamides is 1. The highest BCUT2D eigenvalue weighted by Crippen LogP contribution is 2.28. The Labute approximate surface area is 135 Å². The van der Waals surface area contributed by atoms with E-state index in [9.17, 15) is 18.5 Å². The van der Waals surface area contributed by atoms with Crippen LogP contribution in [0, 0.1) is 17.0 Å². The molecule has 0 atom stereocenters. The zero-order chi connectivity index (χ0) is 17.2. The second-order valence-corrected chi connectivity index (χ2v) is 7.21. The normalized spacial score (nSPS) is 11.5. The van der Waals surface area contributed by atoms with Crippen LogP contribution in [-0.2, 0) is 10.0 Å². The van der Waals surface area contributed by atoms with Gasteiger partial charge in [0, 0.05) is 12.1 Å². The fourth-order valence-electron chi connectivity index (χ4n) is 2.28. The molecule has 0 saturated heterocycles. The van der Waals surface area contributed by atoms with Gasteiger partial charge in [-0.2, -0.15) is 0 Å². The number of hydrogen-bond donors (Lipinski definition) is 1. The number of nitro benzene ring substituents is 1. The fraction of sp³-hybridized carbons (Fsp3) is 0.250. The largest absolute Gasteiger partial charge is 0.279 e. The molecule has 122 valence electrons. The Kier molecular flexibility index (Phi) is 4.70. The molecule has 2 aromatic rings. The molecule has 2 aromatic carbocycles. The molecule has 0 spiro atoms. The van der Waals surface area contributed by atoms with Crippen LogP contribution >= 0.6 is 0 Å². The first-order valence-electron chi connectivity index (χ1n) is 7.09. The van der Waals surface area contributed by atoms with Crippen molar-refractivity contribution in [2.24, 2.45) is 0 Å². The van der Waals surface area contributed by atoms with Crippen molar-refractivity contribution in [1.82, 2.24) is 0 Å². The third-order valence-corrected chi connectivity index (χ3v) is 5.01. The van der Waals surface area contributed by atoms with Crippen molar-refractivity contribution >= 4 is 21.4 Å².